The van der Waals surface area contributed by atoms with E-state index in [0.29, 0.717) is 0 Å². The molecule has 0 aliphatic carbocycles. The largest absolute Gasteiger partial charge is 0.397 e. The molecule has 1 aliphatic heterocycles. The van der Waals surface area contributed by atoms with Gasteiger partial charge in [-0.25, -0.2) is 4.98 Å². The molecule has 0 amide bonds. The summed E-state index contributed by atoms with van der Waals surface area (Å²) >= 11 is 1.70. The quantitative estimate of drug-likeness (QED) is 0.806. The third-order valence-electron chi connectivity index (χ3n) is 2.93. The molecule has 0 unspecified atom stereocenters. The topological polar surface area (TPSA) is 42.1 Å². The normalized spacial score (nSPS) is 14.1. The number of nitrogen functional groups attached to an aromatic ring is 1. The number of fused-ring (bicyclic) bond motifs is 1. The molecule has 1 aromatic carbocycles. The van der Waals surface area contributed by atoms with Crippen LogP contribution in [-0.4, -0.2) is 11.5 Å². The minimum absolute atomic E-state index is 0.874. The second-order valence-corrected chi connectivity index (χ2v) is 4.93. The highest BCUT2D eigenvalue weighted by Gasteiger charge is 2.21. The summed E-state index contributed by atoms with van der Waals surface area (Å²) in [4.78, 5) is 6.64. The van der Waals surface area contributed by atoms with E-state index in [0.717, 1.165) is 30.2 Å². The number of nitrogens with zero attached hydrogens (tertiary/aromatic N) is 2. The van der Waals surface area contributed by atoms with Crippen molar-refractivity contribution >= 4 is 22.7 Å². The molecule has 82 valence electrons. The molecule has 0 atom stereocenters. The summed E-state index contributed by atoms with van der Waals surface area (Å²) in [6, 6.07) is 6.16. The average Bonchev–Trinajstić information content (AvgIpc) is 2.90. The van der Waals surface area contributed by atoms with Crippen molar-refractivity contribution in [1.29, 1.82) is 0 Å². The molecule has 0 saturated carbocycles. The third-order valence-corrected chi connectivity index (χ3v) is 3.69. The summed E-state index contributed by atoms with van der Waals surface area (Å²) in [5.74, 6) is 0. The Balaban J connectivity index is 1.91. The Morgan fingerprint density at radius 3 is 3.19 bits per heavy atom. The number of para-hydroxylation sites is 1. The van der Waals surface area contributed by atoms with Crippen LogP contribution in [0.4, 0.5) is 11.4 Å². The van der Waals surface area contributed by atoms with Crippen LogP contribution in [0.15, 0.2) is 29.8 Å². The molecule has 1 aliphatic rings. The van der Waals surface area contributed by atoms with E-state index in [1.54, 1.807) is 11.3 Å². The molecule has 0 bridgehead atoms. The van der Waals surface area contributed by atoms with Crippen molar-refractivity contribution in [2.45, 2.75) is 13.0 Å². The van der Waals surface area contributed by atoms with Crippen molar-refractivity contribution in [3.8, 4) is 0 Å². The predicted octanol–water partition coefficient (Wildman–Crippen LogP) is 2.29. The molecule has 1 aromatic heterocycles. The second kappa shape index (κ2) is 3.79. The number of thiazole rings is 1. The van der Waals surface area contributed by atoms with Crippen LogP contribution < -0.4 is 10.6 Å². The summed E-state index contributed by atoms with van der Waals surface area (Å²) in [6.45, 7) is 1.92. The van der Waals surface area contributed by atoms with E-state index >= 15 is 0 Å². The van der Waals surface area contributed by atoms with Crippen molar-refractivity contribution in [3.05, 3.63) is 40.3 Å². The molecule has 16 heavy (non-hydrogen) atoms. The highest BCUT2D eigenvalue weighted by atomic mass is 32.1. The van der Waals surface area contributed by atoms with Crippen LogP contribution in [-0.2, 0) is 13.0 Å². The van der Waals surface area contributed by atoms with E-state index in [-0.39, 0.29) is 0 Å². The maximum atomic E-state index is 6.03. The van der Waals surface area contributed by atoms with Gasteiger partial charge in [-0.15, -0.1) is 11.3 Å². The van der Waals surface area contributed by atoms with Crippen LogP contribution in [0, 0.1) is 0 Å². The van der Waals surface area contributed by atoms with Crippen LogP contribution in [0.1, 0.15) is 10.6 Å². The first-order chi connectivity index (χ1) is 7.84. The Labute approximate surface area is 98.5 Å². The number of anilines is 2. The van der Waals surface area contributed by atoms with Crippen LogP contribution in [0.2, 0.25) is 0 Å². The fraction of sp³-hybridized carbons (Fsp3) is 0.250. The van der Waals surface area contributed by atoms with E-state index in [2.05, 4.69) is 16.0 Å². The molecule has 3 rings (SSSR count). The van der Waals surface area contributed by atoms with Gasteiger partial charge in [-0.2, -0.15) is 0 Å². The predicted molar refractivity (Wildman–Crippen MR) is 67.7 cm³/mol. The lowest BCUT2D eigenvalue weighted by molar-refractivity contribution is 0.830. The average molecular weight is 231 g/mol. The van der Waals surface area contributed by atoms with E-state index in [1.165, 1.54) is 11.3 Å². The molecule has 2 heterocycles. The Morgan fingerprint density at radius 1 is 1.44 bits per heavy atom. The smallest absolute Gasteiger partial charge is 0.112 e. The number of benzene rings is 1. The Hall–Kier alpha value is -1.55. The van der Waals surface area contributed by atoms with Crippen molar-refractivity contribution < 1.29 is 0 Å². The molecule has 0 fully saturated rings. The molecule has 0 spiro atoms. The minimum atomic E-state index is 0.874. The Bertz CT molecular complexity index is 493. The number of hydrogen-bond donors (Lipinski definition) is 1. The molecule has 2 aromatic rings. The zero-order valence-corrected chi connectivity index (χ0v) is 9.70. The summed E-state index contributed by atoms with van der Waals surface area (Å²) in [5.41, 5.74) is 9.48. The van der Waals surface area contributed by atoms with E-state index in [1.807, 2.05) is 23.7 Å². The standard InChI is InChI=1S/C12H13N3S/c13-10-3-1-2-9-4-6-15(12(9)10)8-11-14-5-7-16-11/h1-3,5,7H,4,6,8,13H2. The van der Waals surface area contributed by atoms with Gasteiger partial charge < -0.3 is 10.6 Å². The summed E-state index contributed by atoms with van der Waals surface area (Å²) < 4.78 is 0. The van der Waals surface area contributed by atoms with Gasteiger partial charge >= 0.3 is 0 Å². The Kier molecular flexibility index (Phi) is 2.29. The third kappa shape index (κ3) is 1.55. The van der Waals surface area contributed by atoms with Crippen molar-refractivity contribution in [2.24, 2.45) is 0 Å². The van der Waals surface area contributed by atoms with E-state index < -0.39 is 0 Å². The highest BCUT2D eigenvalue weighted by Crippen LogP contribution is 2.34. The first kappa shape index (κ1) is 9.66. The molecular formula is C12H13N3S. The van der Waals surface area contributed by atoms with Gasteiger partial charge in [0.1, 0.15) is 5.01 Å². The summed E-state index contributed by atoms with van der Waals surface area (Å²) in [6.07, 6.45) is 2.94. The zero-order chi connectivity index (χ0) is 11.0. The van der Waals surface area contributed by atoms with Crippen molar-refractivity contribution in [3.63, 3.8) is 0 Å². The first-order valence-electron chi connectivity index (χ1n) is 5.35. The van der Waals surface area contributed by atoms with Crippen molar-refractivity contribution in [2.75, 3.05) is 17.2 Å². The number of aromatic nitrogens is 1. The summed E-state index contributed by atoms with van der Waals surface area (Å²) in [7, 11) is 0. The molecule has 0 radical (unpaired) electrons. The lowest BCUT2D eigenvalue weighted by Gasteiger charge is -2.19. The monoisotopic (exact) mass is 231 g/mol. The zero-order valence-electron chi connectivity index (χ0n) is 8.89. The van der Waals surface area contributed by atoms with Gasteiger partial charge in [0.15, 0.2) is 0 Å². The SMILES string of the molecule is Nc1cccc2c1N(Cc1nccs1)CC2. The molecular weight excluding hydrogens is 218 g/mol. The fourth-order valence-corrected chi connectivity index (χ4v) is 2.85. The van der Waals surface area contributed by atoms with Gasteiger partial charge in [-0.3, -0.25) is 0 Å². The fourth-order valence-electron chi connectivity index (χ4n) is 2.22. The van der Waals surface area contributed by atoms with Gasteiger partial charge in [0.2, 0.25) is 0 Å². The lowest BCUT2D eigenvalue weighted by Crippen LogP contribution is -2.20. The molecule has 0 saturated heterocycles. The van der Waals surface area contributed by atoms with Gasteiger partial charge in [0, 0.05) is 18.1 Å². The van der Waals surface area contributed by atoms with Crippen molar-refractivity contribution in [1.82, 2.24) is 4.98 Å². The van der Waals surface area contributed by atoms with Gasteiger partial charge in [-0.1, -0.05) is 12.1 Å². The van der Waals surface area contributed by atoms with Crippen LogP contribution in [0.5, 0.6) is 0 Å². The first-order valence-corrected chi connectivity index (χ1v) is 6.23. The number of hydrogen-bond acceptors (Lipinski definition) is 4. The van der Waals surface area contributed by atoms with Crippen LogP contribution >= 0.6 is 11.3 Å². The second-order valence-electron chi connectivity index (χ2n) is 3.95. The van der Waals surface area contributed by atoms with Gasteiger partial charge in [-0.05, 0) is 18.1 Å². The lowest BCUT2D eigenvalue weighted by atomic mass is 10.1. The van der Waals surface area contributed by atoms with E-state index in [9.17, 15) is 0 Å². The summed E-state index contributed by atoms with van der Waals surface area (Å²) in [5, 5.41) is 3.16. The maximum Gasteiger partial charge on any atom is 0.112 e. The van der Waals surface area contributed by atoms with Gasteiger partial charge in [0.25, 0.3) is 0 Å². The maximum absolute atomic E-state index is 6.03. The molecule has 4 heteroatoms. The minimum Gasteiger partial charge on any atom is -0.397 e. The number of nitrogens with two attached hydrogens (primary N) is 1. The Morgan fingerprint density at radius 2 is 2.38 bits per heavy atom. The molecule has 2 N–H and O–H groups in total. The molecule has 3 nitrogen and oxygen atoms in total. The van der Waals surface area contributed by atoms with Crippen LogP contribution in [0.25, 0.3) is 0 Å². The van der Waals surface area contributed by atoms with Crippen LogP contribution in [0.3, 0.4) is 0 Å². The van der Waals surface area contributed by atoms with Gasteiger partial charge in [0.05, 0.1) is 17.9 Å². The number of rotatable bonds is 2. The highest BCUT2D eigenvalue weighted by molar-refractivity contribution is 7.09. The van der Waals surface area contributed by atoms with E-state index in [4.69, 9.17) is 5.73 Å².